The first-order valence-electron chi connectivity index (χ1n) is 4.76. The van der Waals surface area contributed by atoms with Crippen molar-refractivity contribution >= 4 is 11.5 Å². The summed E-state index contributed by atoms with van der Waals surface area (Å²) in [5.74, 6) is -1.01. The lowest BCUT2D eigenvalue weighted by Gasteiger charge is -2.05. The lowest BCUT2D eigenvalue weighted by molar-refractivity contribution is -0.384. The van der Waals surface area contributed by atoms with E-state index in [-0.39, 0.29) is 17.9 Å². The summed E-state index contributed by atoms with van der Waals surface area (Å²) in [4.78, 5) is 21.3. The predicted octanol–water partition coefficient (Wildman–Crippen LogP) is 2.18. The smallest absolute Gasteiger partial charge is 0.269 e. The second-order valence-corrected chi connectivity index (χ2v) is 3.23. The van der Waals surface area contributed by atoms with Crippen LogP contribution >= 0.6 is 0 Å². The number of nitrogens with zero attached hydrogens (tertiary/aromatic N) is 2. The maximum atomic E-state index is 11.4. The second kappa shape index (κ2) is 5.03. The third kappa shape index (κ3) is 2.42. The molecule has 5 nitrogen and oxygen atoms in total. The topological polar surface area (TPSA) is 84.0 Å². The monoisotopic (exact) mass is 218 g/mol. The Bertz CT molecular complexity index is 445. The molecule has 1 aromatic rings. The zero-order valence-electron chi connectivity index (χ0n) is 8.71. The number of non-ortho nitro benzene ring substituents is 1. The molecule has 0 unspecified atom stereocenters. The van der Waals surface area contributed by atoms with Crippen LogP contribution in [0.5, 0.6) is 0 Å². The molecule has 82 valence electrons. The lowest BCUT2D eigenvalue weighted by atomic mass is 9.95. The van der Waals surface area contributed by atoms with Crippen molar-refractivity contribution in [3.63, 3.8) is 0 Å². The lowest BCUT2D eigenvalue weighted by Crippen LogP contribution is -2.09. The van der Waals surface area contributed by atoms with Crippen LogP contribution in [-0.2, 0) is 4.79 Å². The Morgan fingerprint density at radius 1 is 1.50 bits per heavy atom. The van der Waals surface area contributed by atoms with Gasteiger partial charge in [-0.1, -0.05) is 19.1 Å². The van der Waals surface area contributed by atoms with Gasteiger partial charge in [-0.25, -0.2) is 0 Å². The Balaban J connectivity index is 3.01. The predicted molar refractivity (Wildman–Crippen MR) is 56.7 cm³/mol. The third-order valence-corrected chi connectivity index (χ3v) is 2.24. The van der Waals surface area contributed by atoms with E-state index < -0.39 is 10.8 Å². The van der Waals surface area contributed by atoms with Crippen molar-refractivity contribution < 1.29 is 9.72 Å². The highest BCUT2D eigenvalue weighted by atomic mass is 16.6. The highest BCUT2D eigenvalue weighted by Gasteiger charge is 2.18. The molecule has 0 fully saturated rings. The molecule has 0 aliphatic heterocycles. The van der Waals surface area contributed by atoms with Gasteiger partial charge in [0.05, 0.1) is 11.0 Å². The van der Waals surface area contributed by atoms with Crippen LogP contribution < -0.4 is 0 Å². The van der Waals surface area contributed by atoms with Crippen molar-refractivity contribution in [1.29, 1.82) is 5.26 Å². The van der Waals surface area contributed by atoms with E-state index in [1.54, 1.807) is 6.92 Å². The van der Waals surface area contributed by atoms with Crippen LogP contribution in [0.15, 0.2) is 24.3 Å². The molecule has 16 heavy (non-hydrogen) atoms. The van der Waals surface area contributed by atoms with E-state index in [1.807, 2.05) is 6.07 Å². The van der Waals surface area contributed by atoms with Crippen molar-refractivity contribution in [2.45, 2.75) is 19.3 Å². The Kier molecular flexibility index (Phi) is 3.72. The van der Waals surface area contributed by atoms with Gasteiger partial charge in [0.15, 0.2) is 5.78 Å². The van der Waals surface area contributed by atoms with E-state index in [4.69, 9.17) is 5.26 Å². The number of carbonyl (C=O) groups is 1. The summed E-state index contributed by atoms with van der Waals surface area (Å²) in [6.45, 7) is 1.68. The molecule has 0 saturated carbocycles. The van der Waals surface area contributed by atoms with Gasteiger partial charge in [0.25, 0.3) is 5.69 Å². The fourth-order valence-corrected chi connectivity index (χ4v) is 1.33. The highest BCUT2D eigenvalue weighted by molar-refractivity contribution is 5.88. The number of Topliss-reactive ketones (excluding diaryl/α,β-unsaturated/α-hetero) is 1. The molecule has 1 aromatic carbocycles. The van der Waals surface area contributed by atoms with Gasteiger partial charge in [-0.2, -0.15) is 5.26 Å². The van der Waals surface area contributed by atoms with E-state index in [9.17, 15) is 14.9 Å². The first-order chi connectivity index (χ1) is 7.60. The Morgan fingerprint density at radius 2 is 2.06 bits per heavy atom. The standard InChI is InChI=1S/C11H10N2O3/c1-2-11(14)10(7-12)8-3-5-9(6-4-8)13(15)16/h3-6,10H,2H2,1H3/t10-/m0/s1. The van der Waals surface area contributed by atoms with Crippen LogP contribution in [0, 0.1) is 21.4 Å². The summed E-state index contributed by atoms with van der Waals surface area (Å²) in [6.07, 6.45) is 0.273. The molecular weight excluding hydrogens is 208 g/mol. The fourth-order valence-electron chi connectivity index (χ4n) is 1.33. The summed E-state index contributed by atoms with van der Waals surface area (Å²) in [6, 6.07) is 7.37. The van der Waals surface area contributed by atoms with E-state index in [2.05, 4.69) is 0 Å². The largest absolute Gasteiger partial charge is 0.298 e. The van der Waals surface area contributed by atoms with Gasteiger partial charge < -0.3 is 0 Å². The molecule has 5 heteroatoms. The molecule has 0 saturated heterocycles. The summed E-state index contributed by atoms with van der Waals surface area (Å²) in [7, 11) is 0. The van der Waals surface area contributed by atoms with E-state index in [0.717, 1.165) is 0 Å². The number of hydrogen-bond donors (Lipinski definition) is 0. The van der Waals surface area contributed by atoms with Crippen molar-refractivity contribution in [2.24, 2.45) is 0 Å². The number of carbonyl (C=O) groups excluding carboxylic acids is 1. The molecule has 0 spiro atoms. The minimum atomic E-state index is -0.828. The van der Waals surface area contributed by atoms with E-state index in [1.165, 1.54) is 24.3 Å². The molecule has 0 radical (unpaired) electrons. The molecule has 0 heterocycles. The minimum absolute atomic E-state index is 0.0515. The summed E-state index contributed by atoms with van der Waals surface area (Å²) >= 11 is 0. The van der Waals surface area contributed by atoms with Crippen LogP contribution in [0.2, 0.25) is 0 Å². The van der Waals surface area contributed by atoms with Crippen molar-refractivity contribution in [1.82, 2.24) is 0 Å². The van der Waals surface area contributed by atoms with E-state index >= 15 is 0 Å². The Labute approximate surface area is 92.5 Å². The van der Waals surface area contributed by atoms with Crippen molar-refractivity contribution in [2.75, 3.05) is 0 Å². The van der Waals surface area contributed by atoms with Crippen molar-refractivity contribution in [3.8, 4) is 6.07 Å². The van der Waals surface area contributed by atoms with Crippen molar-refractivity contribution in [3.05, 3.63) is 39.9 Å². The highest BCUT2D eigenvalue weighted by Crippen LogP contribution is 2.20. The minimum Gasteiger partial charge on any atom is -0.298 e. The maximum Gasteiger partial charge on any atom is 0.269 e. The van der Waals surface area contributed by atoms with Crippen LogP contribution in [0.1, 0.15) is 24.8 Å². The first kappa shape index (κ1) is 11.9. The SMILES string of the molecule is CCC(=O)[C@@H](C#N)c1ccc([N+](=O)[O-])cc1. The molecule has 0 bridgehead atoms. The number of nitriles is 1. The third-order valence-electron chi connectivity index (χ3n) is 2.24. The molecule has 0 amide bonds. The average molecular weight is 218 g/mol. The molecule has 1 atom stereocenters. The molecule has 0 N–H and O–H groups in total. The number of hydrogen-bond acceptors (Lipinski definition) is 4. The molecular formula is C11H10N2O3. The quantitative estimate of drug-likeness (QED) is 0.572. The zero-order chi connectivity index (χ0) is 12.1. The fraction of sp³-hybridized carbons (Fsp3) is 0.273. The van der Waals surface area contributed by atoms with Gasteiger partial charge in [0.2, 0.25) is 0 Å². The van der Waals surface area contributed by atoms with Gasteiger partial charge >= 0.3 is 0 Å². The number of rotatable bonds is 4. The molecule has 0 aromatic heterocycles. The normalized spacial score (nSPS) is 11.5. The van der Waals surface area contributed by atoms with Crippen LogP contribution in [0.25, 0.3) is 0 Å². The van der Waals surface area contributed by atoms with E-state index in [0.29, 0.717) is 5.56 Å². The maximum absolute atomic E-state index is 11.4. The van der Waals surface area contributed by atoms with Gasteiger partial charge in [-0.15, -0.1) is 0 Å². The first-order valence-corrected chi connectivity index (χ1v) is 4.76. The van der Waals surface area contributed by atoms with Gasteiger partial charge in [-0.3, -0.25) is 14.9 Å². The van der Waals surface area contributed by atoms with Crippen LogP contribution in [-0.4, -0.2) is 10.7 Å². The number of nitro groups is 1. The number of nitro benzene ring substituents is 1. The summed E-state index contributed by atoms with van der Waals surface area (Å²) in [5.41, 5.74) is 0.448. The average Bonchev–Trinajstić information content (AvgIpc) is 2.30. The second-order valence-electron chi connectivity index (χ2n) is 3.23. The zero-order valence-corrected chi connectivity index (χ0v) is 8.71. The van der Waals surface area contributed by atoms with Crippen LogP contribution in [0.3, 0.4) is 0 Å². The molecule has 0 aliphatic carbocycles. The Morgan fingerprint density at radius 3 is 2.44 bits per heavy atom. The molecule has 1 rings (SSSR count). The van der Waals surface area contributed by atoms with Gasteiger partial charge in [0.1, 0.15) is 5.92 Å². The summed E-state index contributed by atoms with van der Waals surface area (Å²) in [5, 5.41) is 19.3. The van der Waals surface area contributed by atoms with Gasteiger partial charge in [-0.05, 0) is 5.56 Å². The van der Waals surface area contributed by atoms with Crippen LogP contribution in [0.4, 0.5) is 5.69 Å². The summed E-state index contributed by atoms with van der Waals surface area (Å²) < 4.78 is 0. The van der Waals surface area contributed by atoms with Gasteiger partial charge in [0, 0.05) is 18.6 Å². The molecule has 0 aliphatic rings. The number of ketones is 1. The Hall–Kier alpha value is -2.22. The number of benzene rings is 1.